The lowest BCUT2D eigenvalue weighted by Gasteiger charge is -2.40. The summed E-state index contributed by atoms with van der Waals surface area (Å²) in [6, 6.07) is 9.38. The highest BCUT2D eigenvalue weighted by Gasteiger charge is 2.43. The van der Waals surface area contributed by atoms with Crippen LogP contribution in [0.5, 0.6) is 0 Å². The molecule has 1 aromatic carbocycles. The van der Waals surface area contributed by atoms with Crippen LogP contribution in [0.2, 0.25) is 0 Å². The fourth-order valence-corrected chi connectivity index (χ4v) is 5.09. The van der Waals surface area contributed by atoms with Gasteiger partial charge in [-0.2, -0.15) is 0 Å². The van der Waals surface area contributed by atoms with Crippen molar-refractivity contribution in [3.05, 3.63) is 42.2 Å². The zero-order valence-corrected chi connectivity index (χ0v) is 16.4. The molecule has 0 spiro atoms. The molecule has 2 aromatic rings. The summed E-state index contributed by atoms with van der Waals surface area (Å²) in [5.41, 5.74) is 2.81. The second kappa shape index (κ2) is 6.90. The highest BCUT2D eigenvalue weighted by atomic mass is 15.5. The Kier molecular flexibility index (Phi) is 4.60. The summed E-state index contributed by atoms with van der Waals surface area (Å²) in [4.78, 5) is 14.4. The van der Waals surface area contributed by atoms with Gasteiger partial charge in [-0.25, -0.2) is 9.97 Å². The van der Waals surface area contributed by atoms with Crippen LogP contribution in [-0.2, 0) is 0 Å². The molecule has 1 aromatic heterocycles. The van der Waals surface area contributed by atoms with E-state index in [-0.39, 0.29) is 0 Å². The van der Waals surface area contributed by atoms with Gasteiger partial charge < -0.3 is 9.80 Å². The zero-order valence-electron chi connectivity index (χ0n) is 16.4. The summed E-state index contributed by atoms with van der Waals surface area (Å²) in [5.74, 6) is 3.40. The van der Waals surface area contributed by atoms with Crippen molar-refractivity contribution in [2.45, 2.75) is 71.5 Å². The summed E-state index contributed by atoms with van der Waals surface area (Å²) in [6.45, 7) is 9.21. The first-order valence-electron chi connectivity index (χ1n) is 10.1. The van der Waals surface area contributed by atoms with Gasteiger partial charge in [0.05, 0.1) is 0 Å². The summed E-state index contributed by atoms with van der Waals surface area (Å²) in [6.07, 6.45) is 8.79. The maximum absolute atomic E-state index is 4.76. The lowest BCUT2D eigenvalue weighted by Crippen LogP contribution is -2.46. The van der Waals surface area contributed by atoms with E-state index in [1.165, 1.54) is 30.5 Å². The fourth-order valence-electron chi connectivity index (χ4n) is 5.09. The molecule has 3 atom stereocenters. The minimum atomic E-state index is 0.306. The average molecular weight is 351 g/mol. The molecular weight excluding hydrogens is 320 g/mol. The molecule has 138 valence electrons. The minimum absolute atomic E-state index is 0.306. The number of benzene rings is 1. The first-order valence-corrected chi connectivity index (χ1v) is 10.1. The number of nitrogens with zero attached hydrogens (tertiary/aromatic N) is 4. The number of hydrogen-bond acceptors (Lipinski definition) is 4. The van der Waals surface area contributed by atoms with Gasteiger partial charge in [-0.3, -0.25) is 0 Å². The van der Waals surface area contributed by atoms with E-state index in [2.05, 4.69) is 61.8 Å². The van der Waals surface area contributed by atoms with Gasteiger partial charge in [0.25, 0.3) is 0 Å². The first-order chi connectivity index (χ1) is 12.7. The molecule has 0 saturated heterocycles. The standard InChI is InChI=1S/C22H30N4/c1-5-16-11-12-20-25(15(3)4)21-22(24-14-13-23-21)26(20)19-10-8-7-9-18(19)17(16)6-2/h7-10,13-17,20H,5-6,11-12H2,1-4H3. The third-order valence-corrected chi connectivity index (χ3v) is 6.23. The zero-order chi connectivity index (χ0) is 18.3. The van der Waals surface area contributed by atoms with Crippen molar-refractivity contribution in [3.63, 3.8) is 0 Å². The van der Waals surface area contributed by atoms with E-state index in [0.29, 0.717) is 18.1 Å². The molecule has 0 saturated carbocycles. The number of anilines is 3. The summed E-state index contributed by atoms with van der Waals surface area (Å²) < 4.78 is 0. The first kappa shape index (κ1) is 17.3. The highest BCUT2D eigenvalue weighted by Crippen LogP contribution is 2.50. The topological polar surface area (TPSA) is 32.3 Å². The van der Waals surface area contributed by atoms with E-state index in [1.54, 1.807) is 0 Å². The quantitative estimate of drug-likeness (QED) is 0.733. The molecule has 2 aliphatic rings. The van der Waals surface area contributed by atoms with Crippen LogP contribution in [0.15, 0.2) is 36.7 Å². The molecular formula is C22H30N4. The van der Waals surface area contributed by atoms with E-state index in [4.69, 9.17) is 9.97 Å². The second-order valence-electron chi connectivity index (χ2n) is 7.87. The molecule has 3 heterocycles. The van der Waals surface area contributed by atoms with Gasteiger partial charge in [-0.05, 0) is 56.6 Å². The highest BCUT2D eigenvalue weighted by molar-refractivity contribution is 5.80. The molecule has 0 amide bonds. The Morgan fingerprint density at radius 2 is 1.73 bits per heavy atom. The number of rotatable bonds is 3. The largest absolute Gasteiger partial charge is 0.330 e. The van der Waals surface area contributed by atoms with Gasteiger partial charge >= 0.3 is 0 Å². The van der Waals surface area contributed by atoms with Gasteiger partial charge in [0.15, 0.2) is 11.6 Å². The van der Waals surface area contributed by atoms with Crippen molar-refractivity contribution in [2.75, 3.05) is 9.80 Å². The Morgan fingerprint density at radius 1 is 1.00 bits per heavy atom. The molecule has 0 bridgehead atoms. The van der Waals surface area contributed by atoms with Crippen molar-refractivity contribution >= 4 is 17.3 Å². The summed E-state index contributed by atoms with van der Waals surface area (Å²) in [7, 11) is 0. The number of hydrogen-bond donors (Lipinski definition) is 0. The van der Waals surface area contributed by atoms with Crippen LogP contribution < -0.4 is 9.80 Å². The van der Waals surface area contributed by atoms with Gasteiger partial charge in [0.1, 0.15) is 6.17 Å². The van der Waals surface area contributed by atoms with Gasteiger partial charge in [-0.1, -0.05) is 38.5 Å². The van der Waals surface area contributed by atoms with Crippen LogP contribution in [0.4, 0.5) is 17.3 Å². The monoisotopic (exact) mass is 350 g/mol. The Labute approximate surface area is 157 Å². The molecule has 26 heavy (non-hydrogen) atoms. The lowest BCUT2D eigenvalue weighted by molar-refractivity contribution is 0.339. The molecule has 0 fully saturated rings. The predicted octanol–water partition coefficient (Wildman–Crippen LogP) is 5.48. The SMILES string of the molecule is CCC1CCC2N(c3ccccc3C1CC)c1nccnc1N2C(C)C. The van der Waals surface area contributed by atoms with Crippen LogP contribution in [0.1, 0.15) is 64.9 Å². The van der Waals surface area contributed by atoms with Crippen molar-refractivity contribution < 1.29 is 0 Å². The number of aromatic nitrogens is 2. The van der Waals surface area contributed by atoms with Gasteiger partial charge in [0.2, 0.25) is 0 Å². The lowest BCUT2D eigenvalue weighted by atomic mass is 9.77. The van der Waals surface area contributed by atoms with Crippen LogP contribution >= 0.6 is 0 Å². The third-order valence-electron chi connectivity index (χ3n) is 6.23. The maximum Gasteiger partial charge on any atom is 0.178 e. The van der Waals surface area contributed by atoms with E-state index < -0.39 is 0 Å². The predicted molar refractivity (Wildman–Crippen MR) is 108 cm³/mol. The molecule has 0 radical (unpaired) electrons. The smallest absolute Gasteiger partial charge is 0.178 e. The van der Waals surface area contributed by atoms with E-state index >= 15 is 0 Å². The molecule has 4 heteroatoms. The maximum atomic E-state index is 4.76. The van der Waals surface area contributed by atoms with Gasteiger partial charge in [0, 0.05) is 24.1 Å². The Balaban J connectivity index is 1.92. The average Bonchev–Trinajstić information content (AvgIpc) is 2.97. The summed E-state index contributed by atoms with van der Waals surface area (Å²) in [5, 5.41) is 0. The van der Waals surface area contributed by atoms with Crippen molar-refractivity contribution in [3.8, 4) is 0 Å². The third kappa shape index (κ3) is 2.58. The van der Waals surface area contributed by atoms with Crippen molar-refractivity contribution in [1.82, 2.24) is 9.97 Å². The number of fused-ring (bicyclic) bond motifs is 5. The van der Waals surface area contributed by atoms with Crippen LogP contribution in [0.3, 0.4) is 0 Å². The molecule has 4 nitrogen and oxygen atoms in total. The van der Waals surface area contributed by atoms with Crippen LogP contribution in [-0.4, -0.2) is 22.2 Å². The second-order valence-corrected chi connectivity index (χ2v) is 7.87. The Morgan fingerprint density at radius 3 is 2.42 bits per heavy atom. The molecule has 2 aliphatic heterocycles. The molecule has 0 N–H and O–H groups in total. The Hall–Kier alpha value is -2.10. The van der Waals surface area contributed by atoms with E-state index in [0.717, 1.165) is 24.0 Å². The van der Waals surface area contributed by atoms with Crippen molar-refractivity contribution in [2.24, 2.45) is 5.92 Å². The molecule has 0 aliphatic carbocycles. The van der Waals surface area contributed by atoms with E-state index in [1.807, 2.05) is 12.4 Å². The van der Waals surface area contributed by atoms with Gasteiger partial charge in [-0.15, -0.1) is 0 Å². The number of para-hydroxylation sites is 1. The van der Waals surface area contributed by atoms with E-state index in [9.17, 15) is 0 Å². The van der Waals surface area contributed by atoms with Crippen LogP contribution in [0, 0.1) is 5.92 Å². The molecule has 3 unspecified atom stereocenters. The summed E-state index contributed by atoms with van der Waals surface area (Å²) >= 11 is 0. The fraction of sp³-hybridized carbons (Fsp3) is 0.545. The van der Waals surface area contributed by atoms with Crippen molar-refractivity contribution in [1.29, 1.82) is 0 Å². The normalized spacial score (nSPS) is 24.7. The van der Waals surface area contributed by atoms with Crippen LogP contribution in [0.25, 0.3) is 0 Å². The molecule has 4 rings (SSSR count). The minimum Gasteiger partial charge on any atom is -0.330 e. The Bertz CT molecular complexity index is 772.